The maximum absolute atomic E-state index is 12.7. The summed E-state index contributed by atoms with van der Waals surface area (Å²) < 4.78 is 5.96. The monoisotopic (exact) mass is 388 g/mol. The van der Waals surface area contributed by atoms with E-state index in [-0.39, 0.29) is 11.1 Å². The molecule has 0 spiro atoms. The van der Waals surface area contributed by atoms with Gasteiger partial charge in [-0.3, -0.25) is 19.1 Å². The van der Waals surface area contributed by atoms with Gasteiger partial charge < -0.3 is 9.88 Å². The van der Waals surface area contributed by atoms with Gasteiger partial charge in [0.25, 0.3) is 11.5 Å². The van der Waals surface area contributed by atoms with E-state index in [1.165, 1.54) is 10.6 Å². The first-order valence-corrected chi connectivity index (χ1v) is 8.81. The number of anilines is 1. The Balaban J connectivity index is 1.52. The third-order valence-corrected chi connectivity index (χ3v) is 4.32. The first-order valence-electron chi connectivity index (χ1n) is 8.81. The highest BCUT2D eigenvalue weighted by Crippen LogP contribution is 2.17. The number of nitrogens with one attached hydrogen (secondary N) is 2. The summed E-state index contributed by atoms with van der Waals surface area (Å²) in [6, 6.07) is 19.3. The predicted octanol–water partition coefficient (Wildman–Crippen LogP) is 2.49. The summed E-state index contributed by atoms with van der Waals surface area (Å²) in [4.78, 5) is 38.8. The normalized spacial score (nSPS) is 10.6. The van der Waals surface area contributed by atoms with E-state index in [0.29, 0.717) is 23.6 Å². The molecule has 4 aromatic rings. The number of H-pyrrole nitrogens is 1. The van der Waals surface area contributed by atoms with Crippen LogP contribution >= 0.6 is 0 Å². The van der Waals surface area contributed by atoms with Crippen molar-refractivity contribution in [1.29, 1.82) is 0 Å². The Morgan fingerprint density at radius 3 is 2.45 bits per heavy atom. The minimum atomic E-state index is -0.645. The number of hydrogen-bond donors (Lipinski definition) is 2. The van der Waals surface area contributed by atoms with Crippen molar-refractivity contribution >= 4 is 11.6 Å². The third kappa shape index (κ3) is 4.06. The Bertz CT molecular complexity index is 1250. The number of amides is 1. The number of nitrogens with zero attached hydrogens (tertiary/aromatic N) is 2. The van der Waals surface area contributed by atoms with Crippen molar-refractivity contribution in [3.8, 4) is 11.4 Å². The van der Waals surface area contributed by atoms with E-state index in [1.807, 2.05) is 30.3 Å². The van der Waals surface area contributed by atoms with Crippen molar-refractivity contribution in [2.45, 2.75) is 6.54 Å². The molecule has 8 heteroatoms. The molecule has 144 valence electrons. The van der Waals surface area contributed by atoms with E-state index >= 15 is 0 Å². The molecule has 0 atom stereocenters. The summed E-state index contributed by atoms with van der Waals surface area (Å²) in [5.74, 6) is -0.854. The maximum atomic E-state index is 12.7. The average molecular weight is 388 g/mol. The van der Waals surface area contributed by atoms with Crippen LogP contribution in [0.1, 0.15) is 15.9 Å². The molecule has 2 aromatic heterocycles. The van der Waals surface area contributed by atoms with E-state index < -0.39 is 11.7 Å². The predicted molar refractivity (Wildman–Crippen MR) is 107 cm³/mol. The van der Waals surface area contributed by atoms with Gasteiger partial charge in [-0.2, -0.15) is 0 Å². The Kier molecular flexibility index (Phi) is 4.90. The first kappa shape index (κ1) is 18.2. The molecule has 0 aliphatic heterocycles. The smallest absolute Gasteiger partial charge is 0.322 e. The molecule has 0 radical (unpaired) electrons. The van der Waals surface area contributed by atoms with Crippen molar-refractivity contribution in [3.63, 3.8) is 0 Å². The van der Waals surface area contributed by atoms with Crippen molar-refractivity contribution in [1.82, 2.24) is 14.7 Å². The molecule has 0 aliphatic rings. The minimum absolute atomic E-state index is 0.0494. The van der Waals surface area contributed by atoms with E-state index in [0.717, 1.165) is 5.56 Å². The molecule has 4 rings (SSSR count). The average Bonchev–Trinajstić information content (AvgIpc) is 3.17. The number of aromatic amines is 1. The molecule has 0 aliphatic carbocycles. The Labute approximate surface area is 164 Å². The lowest BCUT2D eigenvalue weighted by Gasteiger charge is -2.09. The first-order chi connectivity index (χ1) is 14.1. The Morgan fingerprint density at radius 2 is 1.76 bits per heavy atom. The van der Waals surface area contributed by atoms with Crippen molar-refractivity contribution in [3.05, 3.63) is 105 Å². The number of carbonyl (C=O) groups excluding carboxylic acids is 1. The van der Waals surface area contributed by atoms with E-state index in [1.54, 1.807) is 36.5 Å². The quantitative estimate of drug-likeness (QED) is 0.546. The second-order valence-electron chi connectivity index (χ2n) is 6.32. The second kappa shape index (κ2) is 7.81. The second-order valence-corrected chi connectivity index (χ2v) is 6.32. The summed E-state index contributed by atoms with van der Waals surface area (Å²) in [5, 5.41) is 6.31. The van der Waals surface area contributed by atoms with Crippen LogP contribution in [0.3, 0.4) is 0 Å². The van der Waals surface area contributed by atoms with Crippen LogP contribution in [0.4, 0.5) is 5.69 Å². The number of aromatic nitrogens is 3. The van der Waals surface area contributed by atoms with Crippen LogP contribution in [0, 0.1) is 0 Å². The lowest BCUT2D eigenvalue weighted by atomic mass is 10.2. The number of carbonyl (C=O) groups is 1. The zero-order valence-corrected chi connectivity index (χ0v) is 15.2. The highest BCUT2D eigenvalue weighted by Gasteiger charge is 2.13. The molecular formula is C21H16N4O4. The fourth-order valence-corrected chi connectivity index (χ4v) is 2.88. The van der Waals surface area contributed by atoms with E-state index in [9.17, 15) is 14.4 Å². The van der Waals surface area contributed by atoms with Crippen molar-refractivity contribution < 1.29 is 9.32 Å². The number of rotatable bonds is 5. The fraction of sp³-hybridized carbons (Fsp3) is 0.0476. The lowest BCUT2D eigenvalue weighted by Crippen LogP contribution is -2.29. The topological polar surface area (TPSA) is 110 Å². The largest absolute Gasteiger partial charge is 0.439 e. The molecule has 0 bridgehead atoms. The van der Waals surface area contributed by atoms with Gasteiger partial charge in [-0.1, -0.05) is 35.5 Å². The summed E-state index contributed by atoms with van der Waals surface area (Å²) in [5.41, 5.74) is 1.77. The zero-order chi connectivity index (χ0) is 20.2. The highest BCUT2D eigenvalue weighted by molar-refractivity contribution is 6.04. The molecule has 0 saturated heterocycles. The molecule has 2 N–H and O–H groups in total. The Hall–Kier alpha value is -4.20. The number of hydrogen-bond acceptors (Lipinski definition) is 5. The standard InChI is InChI=1S/C21H16N4O4/c26-19(22-16-10-8-15(9-11-16)18-23-21(28)29-24-18)17-7-4-12-25(20(17)27)13-14-5-2-1-3-6-14/h1-12H,13H2,(H,22,26)(H,23,24,28). The van der Waals surface area contributed by atoms with Crippen LogP contribution < -0.4 is 16.6 Å². The third-order valence-electron chi connectivity index (χ3n) is 4.32. The van der Waals surface area contributed by atoms with Gasteiger partial charge in [-0.05, 0) is 42.0 Å². The van der Waals surface area contributed by atoms with Crippen LogP contribution in [0.5, 0.6) is 0 Å². The molecular weight excluding hydrogens is 372 g/mol. The lowest BCUT2D eigenvalue weighted by molar-refractivity contribution is 0.102. The molecule has 2 heterocycles. The van der Waals surface area contributed by atoms with Crippen molar-refractivity contribution in [2.75, 3.05) is 5.32 Å². The van der Waals surface area contributed by atoms with Gasteiger partial charge in [0.15, 0.2) is 5.82 Å². The van der Waals surface area contributed by atoms with Gasteiger partial charge in [-0.15, -0.1) is 0 Å². The van der Waals surface area contributed by atoms with Gasteiger partial charge in [0.1, 0.15) is 5.56 Å². The van der Waals surface area contributed by atoms with Crippen LogP contribution in [0.15, 0.2) is 87.0 Å². The van der Waals surface area contributed by atoms with Crippen LogP contribution in [0.2, 0.25) is 0 Å². The molecule has 0 saturated carbocycles. The van der Waals surface area contributed by atoms with Gasteiger partial charge in [0.2, 0.25) is 0 Å². The van der Waals surface area contributed by atoms with Crippen molar-refractivity contribution in [2.24, 2.45) is 0 Å². The number of benzene rings is 2. The van der Waals surface area contributed by atoms with Gasteiger partial charge >= 0.3 is 5.76 Å². The van der Waals surface area contributed by atoms with Gasteiger partial charge in [0, 0.05) is 17.4 Å². The molecule has 29 heavy (non-hydrogen) atoms. The molecule has 0 unspecified atom stereocenters. The fourth-order valence-electron chi connectivity index (χ4n) is 2.88. The van der Waals surface area contributed by atoms with Crippen LogP contribution in [-0.2, 0) is 6.54 Å². The summed E-state index contributed by atoms with van der Waals surface area (Å²) in [7, 11) is 0. The summed E-state index contributed by atoms with van der Waals surface area (Å²) >= 11 is 0. The van der Waals surface area contributed by atoms with Crippen LogP contribution in [0.25, 0.3) is 11.4 Å². The van der Waals surface area contributed by atoms with Gasteiger partial charge in [0.05, 0.1) is 6.54 Å². The van der Waals surface area contributed by atoms with E-state index in [4.69, 9.17) is 0 Å². The Morgan fingerprint density at radius 1 is 1.00 bits per heavy atom. The van der Waals surface area contributed by atoms with Crippen LogP contribution in [-0.4, -0.2) is 20.6 Å². The maximum Gasteiger partial charge on any atom is 0.439 e. The molecule has 0 fully saturated rings. The minimum Gasteiger partial charge on any atom is -0.322 e. The SMILES string of the molecule is O=C(Nc1ccc(-c2noc(=O)[nH]2)cc1)c1cccn(Cc2ccccc2)c1=O. The molecule has 1 amide bonds. The highest BCUT2D eigenvalue weighted by atomic mass is 16.5. The summed E-state index contributed by atoms with van der Waals surface area (Å²) in [6.45, 7) is 0.380. The molecule has 8 nitrogen and oxygen atoms in total. The number of pyridine rings is 1. The summed E-state index contributed by atoms with van der Waals surface area (Å²) in [6.07, 6.45) is 1.65. The van der Waals surface area contributed by atoms with E-state index in [2.05, 4.69) is 20.0 Å². The van der Waals surface area contributed by atoms with Gasteiger partial charge in [-0.25, -0.2) is 4.79 Å². The molecule has 2 aromatic carbocycles. The zero-order valence-electron chi connectivity index (χ0n) is 15.2.